The van der Waals surface area contributed by atoms with Gasteiger partial charge in [-0.15, -0.1) is 11.3 Å². The number of piperidine rings is 1. The van der Waals surface area contributed by atoms with Gasteiger partial charge in [0.1, 0.15) is 0 Å². The van der Waals surface area contributed by atoms with E-state index in [2.05, 4.69) is 30.1 Å². The van der Waals surface area contributed by atoms with Gasteiger partial charge < -0.3 is 10.6 Å². The Balaban J connectivity index is 0.000000196. The van der Waals surface area contributed by atoms with Crippen LogP contribution in [0.2, 0.25) is 0 Å². The van der Waals surface area contributed by atoms with Gasteiger partial charge in [-0.3, -0.25) is 4.79 Å². The van der Waals surface area contributed by atoms with Gasteiger partial charge >= 0.3 is 6.18 Å². The summed E-state index contributed by atoms with van der Waals surface area (Å²) < 4.78 is 39.2. The molecule has 1 aromatic heterocycles. The summed E-state index contributed by atoms with van der Waals surface area (Å²) in [5.74, 6) is -0.495. The predicted molar refractivity (Wildman–Crippen MR) is 115 cm³/mol. The lowest BCUT2D eigenvalue weighted by Gasteiger charge is -2.32. The molecule has 0 atom stereocenters. The molecule has 0 unspecified atom stereocenters. The second-order valence-corrected chi connectivity index (χ2v) is 8.65. The van der Waals surface area contributed by atoms with Gasteiger partial charge in [0.05, 0.1) is 20.8 Å². The van der Waals surface area contributed by atoms with E-state index < -0.39 is 11.7 Å². The van der Waals surface area contributed by atoms with Crippen LogP contribution in [0.4, 0.5) is 18.9 Å². The fraction of sp³-hybridized carbons (Fsp3) is 0.364. The number of rotatable bonds is 2. The van der Waals surface area contributed by atoms with E-state index in [4.69, 9.17) is 5.73 Å². The number of aryl methyl sites for hydroxylation is 2. The Morgan fingerprint density at radius 3 is 2.47 bits per heavy atom. The van der Waals surface area contributed by atoms with E-state index in [1.54, 1.807) is 17.4 Å². The van der Waals surface area contributed by atoms with Crippen LogP contribution in [0.25, 0.3) is 10.2 Å². The fourth-order valence-corrected chi connectivity index (χ4v) is 4.26. The van der Waals surface area contributed by atoms with Crippen LogP contribution in [0, 0.1) is 19.8 Å². The predicted octanol–water partition coefficient (Wildman–Crippen LogP) is 5.32. The van der Waals surface area contributed by atoms with Crippen LogP contribution in [-0.2, 0) is 11.0 Å². The molecule has 1 amide bonds. The van der Waals surface area contributed by atoms with Gasteiger partial charge in [-0.1, -0.05) is 12.1 Å². The number of anilines is 1. The van der Waals surface area contributed by atoms with Crippen molar-refractivity contribution in [3.05, 3.63) is 58.6 Å². The molecule has 3 aromatic rings. The Labute approximate surface area is 177 Å². The van der Waals surface area contributed by atoms with E-state index in [0.29, 0.717) is 31.6 Å². The molecule has 4 rings (SSSR count). The molecule has 8 heteroatoms. The van der Waals surface area contributed by atoms with Gasteiger partial charge in [0.15, 0.2) is 0 Å². The van der Waals surface area contributed by atoms with E-state index in [0.717, 1.165) is 22.7 Å². The first-order valence-electron chi connectivity index (χ1n) is 9.69. The molecule has 0 bridgehead atoms. The Bertz CT molecular complexity index is 1020. The highest BCUT2D eigenvalue weighted by Gasteiger charge is 2.31. The van der Waals surface area contributed by atoms with Crippen molar-refractivity contribution < 1.29 is 18.0 Å². The molecule has 2 heterocycles. The number of thiazole rings is 1. The van der Waals surface area contributed by atoms with Crippen LogP contribution in [0.15, 0.2) is 42.5 Å². The number of carbonyl (C=O) groups excluding carboxylic acids is 1. The number of alkyl halides is 3. The molecule has 1 fully saturated rings. The standard InChI is InChI=1S/C13H15F3N2O.C9H9NS/c14-13(15,16)10-2-1-3-11(8-10)18-6-4-9(5-7-18)12(17)19;1-6-3-4-9-8(5-6)10-7(2)11-9/h1-3,8-9H,4-7H2,(H2,17,19);3-5H,1-2H3. The van der Waals surface area contributed by atoms with Gasteiger partial charge in [-0.2, -0.15) is 13.2 Å². The molecule has 0 spiro atoms. The van der Waals surface area contributed by atoms with Gasteiger partial charge in [0.25, 0.3) is 0 Å². The molecule has 2 aromatic carbocycles. The van der Waals surface area contributed by atoms with Gasteiger partial charge in [0, 0.05) is 24.7 Å². The van der Waals surface area contributed by atoms with Crippen molar-refractivity contribution >= 4 is 33.1 Å². The number of aromatic nitrogens is 1. The van der Waals surface area contributed by atoms with Crippen LogP contribution < -0.4 is 10.6 Å². The highest BCUT2D eigenvalue weighted by molar-refractivity contribution is 7.18. The minimum absolute atomic E-state index is 0.165. The molecule has 160 valence electrons. The normalized spacial score (nSPS) is 15.0. The van der Waals surface area contributed by atoms with E-state index in [1.807, 2.05) is 11.8 Å². The van der Waals surface area contributed by atoms with Crippen LogP contribution in [0.5, 0.6) is 0 Å². The zero-order valence-electron chi connectivity index (χ0n) is 16.9. The quantitative estimate of drug-likeness (QED) is 0.593. The molecule has 1 aliphatic heterocycles. The minimum Gasteiger partial charge on any atom is -0.371 e. The number of benzene rings is 2. The Morgan fingerprint density at radius 2 is 1.83 bits per heavy atom. The third kappa shape index (κ3) is 5.50. The van der Waals surface area contributed by atoms with Crippen LogP contribution in [0.3, 0.4) is 0 Å². The van der Waals surface area contributed by atoms with Gasteiger partial charge in [-0.05, 0) is 62.6 Å². The topological polar surface area (TPSA) is 59.2 Å². The summed E-state index contributed by atoms with van der Waals surface area (Å²) in [6, 6.07) is 11.6. The van der Waals surface area contributed by atoms with E-state index in [-0.39, 0.29) is 11.8 Å². The highest BCUT2D eigenvalue weighted by atomic mass is 32.1. The molecule has 0 aliphatic carbocycles. The summed E-state index contributed by atoms with van der Waals surface area (Å²) >= 11 is 1.75. The maximum Gasteiger partial charge on any atom is 0.416 e. The van der Waals surface area contributed by atoms with Crippen LogP contribution in [0.1, 0.15) is 29.0 Å². The number of halogens is 3. The first-order chi connectivity index (χ1) is 14.1. The number of fused-ring (bicyclic) bond motifs is 1. The molecule has 0 saturated carbocycles. The molecule has 2 N–H and O–H groups in total. The Morgan fingerprint density at radius 1 is 1.13 bits per heavy atom. The van der Waals surface area contributed by atoms with E-state index in [9.17, 15) is 18.0 Å². The SMILES string of the molecule is Cc1ccc2sc(C)nc2c1.NC(=O)C1CCN(c2cccc(C(F)(F)F)c2)CC1. The molecule has 1 aliphatic rings. The van der Waals surface area contributed by atoms with Crippen LogP contribution in [-0.4, -0.2) is 24.0 Å². The summed E-state index contributed by atoms with van der Waals surface area (Å²) in [4.78, 5) is 17.3. The number of nitrogens with zero attached hydrogens (tertiary/aromatic N) is 2. The number of amides is 1. The number of hydrogen-bond donors (Lipinski definition) is 1. The summed E-state index contributed by atoms with van der Waals surface area (Å²) in [5, 5.41) is 1.14. The summed E-state index contributed by atoms with van der Waals surface area (Å²) in [5.41, 5.74) is 7.53. The number of nitrogens with two attached hydrogens (primary N) is 1. The zero-order valence-corrected chi connectivity index (χ0v) is 17.7. The van der Waals surface area contributed by atoms with Crippen molar-refractivity contribution in [3.63, 3.8) is 0 Å². The van der Waals surface area contributed by atoms with Crippen molar-refractivity contribution in [2.24, 2.45) is 11.7 Å². The summed E-state index contributed by atoms with van der Waals surface area (Å²) in [6.45, 7) is 5.23. The molecule has 1 saturated heterocycles. The largest absolute Gasteiger partial charge is 0.416 e. The highest BCUT2D eigenvalue weighted by Crippen LogP contribution is 2.32. The van der Waals surface area contributed by atoms with Crippen LogP contribution >= 0.6 is 11.3 Å². The molecule has 0 radical (unpaired) electrons. The minimum atomic E-state index is -4.33. The maximum absolute atomic E-state index is 12.6. The van der Waals surface area contributed by atoms with E-state index in [1.165, 1.54) is 16.3 Å². The first-order valence-corrected chi connectivity index (χ1v) is 10.5. The zero-order chi connectivity index (χ0) is 21.9. The van der Waals surface area contributed by atoms with Crippen molar-refractivity contribution in [3.8, 4) is 0 Å². The summed E-state index contributed by atoms with van der Waals surface area (Å²) in [6.07, 6.45) is -3.15. The lowest BCUT2D eigenvalue weighted by atomic mass is 9.96. The smallest absolute Gasteiger partial charge is 0.371 e. The maximum atomic E-state index is 12.6. The fourth-order valence-electron chi connectivity index (χ4n) is 3.45. The third-order valence-corrected chi connectivity index (χ3v) is 6.04. The molecular weight excluding hydrogens is 411 g/mol. The monoisotopic (exact) mass is 435 g/mol. The summed E-state index contributed by atoms with van der Waals surface area (Å²) in [7, 11) is 0. The second kappa shape index (κ2) is 9.04. The van der Waals surface area contributed by atoms with Crippen molar-refractivity contribution in [1.82, 2.24) is 4.98 Å². The van der Waals surface area contributed by atoms with E-state index >= 15 is 0 Å². The Kier molecular flexibility index (Phi) is 6.65. The number of carbonyl (C=O) groups is 1. The molecular formula is C22H24F3N3OS. The van der Waals surface area contributed by atoms with Crippen molar-refractivity contribution in [2.75, 3.05) is 18.0 Å². The lowest BCUT2D eigenvalue weighted by Crippen LogP contribution is -2.38. The lowest BCUT2D eigenvalue weighted by molar-refractivity contribution is -0.137. The average Bonchev–Trinajstić information content (AvgIpc) is 3.07. The average molecular weight is 436 g/mol. The molecule has 30 heavy (non-hydrogen) atoms. The first kappa shape index (κ1) is 22.1. The Hall–Kier alpha value is -2.61. The van der Waals surface area contributed by atoms with Gasteiger partial charge in [0.2, 0.25) is 5.91 Å². The number of hydrogen-bond acceptors (Lipinski definition) is 4. The number of primary amides is 1. The second-order valence-electron chi connectivity index (χ2n) is 7.42. The molecule has 4 nitrogen and oxygen atoms in total. The van der Waals surface area contributed by atoms with Gasteiger partial charge in [-0.25, -0.2) is 4.98 Å². The third-order valence-electron chi connectivity index (χ3n) is 5.09. The van der Waals surface area contributed by atoms with Crippen molar-refractivity contribution in [2.45, 2.75) is 32.9 Å². The van der Waals surface area contributed by atoms with Crippen molar-refractivity contribution in [1.29, 1.82) is 0 Å².